The Balaban J connectivity index is 2.10. The van der Waals surface area contributed by atoms with E-state index in [0.29, 0.717) is 0 Å². The average molecular weight is 279 g/mol. The lowest BCUT2D eigenvalue weighted by Crippen LogP contribution is -1.96. The van der Waals surface area contributed by atoms with Gasteiger partial charge in [-0.1, -0.05) is 43.0 Å². The van der Waals surface area contributed by atoms with Crippen LogP contribution in [0.3, 0.4) is 0 Å². The predicted molar refractivity (Wildman–Crippen MR) is 75.3 cm³/mol. The number of nitrogens with zero attached hydrogens (tertiary/aromatic N) is 1. The number of rotatable bonds is 5. The number of aliphatic carboxylic acids is 1. The molecule has 0 fully saturated rings. The standard InChI is InChI=1S/C13H13NO2S2/c1-2-9-3-5-10(6-4-9)11-7-17-13(14-11)18-8-12(15)16/h3-7H,2,8H2,1H3,(H,15,16). The number of aryl methyl sites for hydroxylation is 1. The van der Waals surface area contributed by atoms with E-state index in [-0.39, 0.29) is 5.75 Å². The maximum Gasteiger partial charge on any atom is 0.313 e. The minimum Gasteiger partial charge on any atom is -0.481 e. The Kier molecular flexibility index (Phi) is 4.38. The van der Waals surface area contributed by atoms with Crippen molar-refractivity contribution in [3.63, 3.8) is 0 Å². The van der Waals surface area contributed by atoms with Gasteiger partial charge in [-0.15, -0.1) is 11.3 Å². The number of carboxylic acid groups (broad SMARTS) is 1. The normalized spacial score (nSPS) is 10.5. The van der Waals surface area contributed by atoms with Crippen LogP contribution in [-0.2, 0) is 11.2 Å². The Labute approximate surface area is 114 Å². The summed E-state index contributed by atoms with van der Waals surface area (Å²) in [4.78, 5) is 14.9. The molecule has 2 rings (SSSR count). The molecule has 0 unspecified atom stereocenters. The van der Waals surface area contributed by atoms with Gasteiger partial charge in [0.25, 0.3) is 0 Å². The van der Waals surface area contributed by atoms with Crippen molar-refractivity contribution in [1.82, 2.24) is 4.98 Å². The molecule has 0 aliphatic carbocycles. The molecule has 0 aliphatic heterocycles. The largest absolute Gasteiger partial charge is 0.481 e. The van der Waals surface area contributed by atoms with Crippen LogP contribution in [0.5, 0.6) is 0 Å². The van der Waals surface area contributed by atoms with Crippen LogP contribution in [-0.4, -0.2) is 21.8 Å². The highest BCUT2D eigenvalue weighted by molar-refractivity contribution is 8.01. The van der Waals surface area contributed by atoms with Gasteiger partial charge in [0.2, 0.25) is 0 Å². The van der Waals surface area contributed by atoms with E-state index >= 15 is 0 Å². The van der Waals surface area contributed by atoms with Gasteiger partial charge >= 0.3 is 5.97 Å². The van der Waals surface area contributed by atoms with Gasteiger partial charge in [-0.05, 0) is 12.0 Å². The summed E-state index contributed by atoms with van der Waals surface area (Å²) in [5.41, 5.74) is 3.29. The first-order valence-corrected chi connectivity index (χ1v) is 7.45. The van der Waals surface area contributed by atoms with E-state index in [1.54, 1.807) is 0 Å². The van der Waals surface area contributed by atoms with E-state index in [1.165, 1.54) is 28.7 Å². The zero-order valence-electron chi connectivity index (χ0n) is 9.92. The fraction of sp³-hybridized carbons (Fsp3) is 0.231. The lowest BCUT2D eigenvalue weighted by atomic mass is 10.1. The van der Waals surface area contributed by atoms with Crippen LogP contribution in [0, 0.1) is 0 Å². The quantitative estimate of drug-likeness (QED) is 0.850. The summed E-state index contributed by atoms with van der Waals surface area (Å²) in [7, 11) is 0. The van der Waals surface area contributed by atoms with E-state index in [2.05, 4.69) is 36.2 Å². The zero-order chi connectivity index (χ0) is 13.0. The Morgan fingerprint density at radius 2 is 2.11 bits per heavy atom. The van der Waals surface area contributed by atoms with Crippen molar-refractivity contribution in [1.29, 1.82) is 0 Å². The molecular weight excluding hydrogens is 266 g/mol. The van der Waals surface area contributed by atoms with Gasteiger partial charge in [-0.25, -0.2) is 4.98 Å². The van der Waals surface area contributed by atoms with E-state index in [1.807, 2.05) is 5.38 Å². The molecule has 0 atom stereocenters. The van der Waals surface area contributed by atoms with E-state index in [9.17, 15) is 4.79 Å². The third kappa shape index (κ3) is 3.34. The topological polar surface area (TPSA) is 50.2 Å². The lowest BCUT2D eigenvalue weighted by Gasteiger charge is -1.99. The number of hydrogen-bond donors (Lipinski definition) is 1. The van der Waals surface area contributed by atoms with Gasteiger partial charge in [0.05, 0.1) is 11.4 Å². The number of hydrogen-bond acceptors (Lipinski definition) is 4. The maximum absolute atomic E-state index is 10.5. The van der Waals surface area contributed by atoms with Gasteiger partial charge in [0, 0.05) is 10.9 Å². The Hall–Kier alpha value is -1.33. The van der Waals surface area contributed by atoms with Crippen LogP contribution < -0.4 is 0 Å². The molecule has 0 saturated heterocycles. The second-order valence-electron chi connectivity index (χ2n) is 3.73. The van der Waals surface area contributed by atoms with Crippen LogP contribution in [0.15, 0.2) is 34.0 Å². The van der Waals surface area contributed by atoms with Crippen LogP contribution in [0.25, 0.3) is 11.3 Å². The van der Waals surface area contributed by atoms with Crippen molar-refractivity contribution in [3.05, 3.63) is 35.2 Å². The Morgan fingerprint density at radius 1 is 1.39 bits per heavy atom. The Bertz CT molecular complexity index is 534. The van der Waals surface area contributed by atoms with Gasteiger partial charge < -0.3 is 5.11 Å². The van der Waals surface area contributed by atoms with Gasteiger partial charge in [0.15, 0.2) is 4.34 Å². The first-order chi connectivity index (χ1) is 8.69. The molecule has 0 radical (unpaired) electrons. The summed E-state index contributed by atoms with van der Waals surface area (Å²) in [5, 5.41) is 10.6. The summed E-state index contributed by atoms with van der Waals surface area (Å²) in [6, 6.07) is 8.30. The van der Waals surface area contributed by atoms with Crippen molar-refractivity contribution in [2.45, 2.75) is 17.7 Å². The van der Waals surface area contributed by atoms with E-state index < -0.39 is 5.97 Å². The molecule has 1 aromatic carbocycles. The monoisotopic (exact) mass is 279 g/mol. The number of thiazole rings is 1. The summed E-state index contributed by atoms with van der Waals surface area (Å²) in [6.45, 7) is 2.12. The van der Waals surface area contributed by atoms with Crippen LogP contribution in [0.4, 0.5) is 0 Å². The van der Waals surface area contributed by atoms with Crippen LogP contribution in [0.2, 0.25) is 0 Å². The summed E-state index contributed by atoms with van der Waals surface area (Å²) < 4.78 is 0.798. The molecule has 3 nitrogen and oxygen atoms in total. The first kappa shape index (κ1) is 13.1. The molecule has 18 heavy (non-hydrogen) atoms. The number of aromatic nitrogens is 1. The molecule has 1 N–H and O–H groups in total. The summed E-state index contributed by atoms with van der Waals surface area (Å²) in [5.74, 6) is -0.758. The summed E-state index contributed by atoms with van der Waals surface area (Å²) in [6.07, 6.45) is 1.02. The number of carboxylic acids is 1. The SMILES string of the molecule is CCc1ccc(-c2csc(SCC(=O)O)n2)cc1. The van der Waals surface area contributed by atoms with Crippen molar-refractivity contribution >= 4 is 29.1 Å². The van der Waals surface area contributed by atoms with E-state index in [4.69, 9.17) is 5.11 Å². The van der Waals surface area contributed by atoms with Gasteiger partial charge in [0.1, 0.15) is 0 Å². The maximum atomic E-state index is 10.5. The van der Waals surface area contributed by atoms with Crippen molar-refractivity contribution in [2.24, 2.45) is 0 Å². The minimum absolute atomic E-state index is 0.0573. The lowest BCUT2D eigenvalue weighted by molar-refractivity contribution is -0.133. The van der Waals surface area contributed by atoms with Gasteiger partial charge in [-0.3, -0.25) is 4.79 Å². The molecule has 0 aliphatic rings. The Morgan fingerprint density at radius 3 is 2.72 bits per heavy atom. The van der Waals surface area contributed by atoms with Gasteiger partial charge in [-0.2, -0.15) is 0 Å². The number of benzene rings is 1. The van der Waals surface area contributed by atoms with Crippen molar-refractivity contribution < 1.29 is 9.90 Å². The number of thioether (sulfide) groups is 1. The smallest absolute Gasteiger partial charge is 0.313 e. The molecule has 1 aromatic heterocycles. The third-order valence-electron chi connectivity index (χ3n) is 2.46. The van der Waals surface area contributed by atoms with Crippen molar-refractivity contribution in [2.75, 3.05) is 5.75 Å². The first-order valence-electron chi connectivity index (χ1n) is 5.58. The molecule has 0 saturated carbocycles. The molecule has 0 bridgehead atoms. The van der Waals surface area contributed by atoms with Crippen LogP contribution in [0.1, 0.15) is 12.5 Å². The molecule has 0 amide bonds. The molecule has 94 valence electrons. The fourth-order valence-electron chi connectivity index (χ4n) is 1.49. The average Bonchev–Trinajstić information content (AvgIpc) is 2.85. The number of carbonyl (C=O) groups is 1. The molecule has 0 spiro atoms. The highest BCUT2D eigenvalue weighted by atomic mass is 32.2. The molecule has 2 aromatic rings. The fourth-order valence-corrected chi connectivity index (χ4v) is 3.05. The highest BCUT2D eigenvalue weighted by Crippen LogP contribution is 2.28. The predicted octanol–water partition coefficient (Wildman–Crippen LogP) is 3.55. The molecule has 1 heterocycles. The highest BCUT2D eigenvalue weighted by Gasteiger charge is 2.06. The third-order valence-corrected chi connectivity index (χ3v) is 4.47. The molecule has 5 heteroatoms. The van der Waals surface area contributed by atoms with Crippen LogP contribution >= 0.6 is 23.1 Å². The second kappa shape index (κ2) is 6.02. The summed E-state index contributed by atoms with van der Waals surface area (Å²) >= 11 is 2.74. The van der Waals surface area contributed by atoms with Crippen molar-refractivity contribution in [3.8, 4) is 11.3 Å². The molecular formula is C13H13NO2S2. The van der Waals surface area contributed by atoms with E-state index in [0.717, 1.165) is 22.0 Å². The second-order valence-corrected chi connectivity index (χ2v) is 5.81. The zero-order valence-corrected chi connectivity index (χ0v) is 11.6. The minimum atomic E-state index is -0.816.